The molecule has 1 atom stereocenters. The van der Waals surface area contributed by atoms with Gasteiger partial charge in [-0.05, 0) is 19.1 Å². The molecule has 0 aliphatic carbocycles. The van der Waals surface area contributed by atoms with Gasteiger partial charge in [0, 0.05) is 6.54 Å². The van der Waals surface area contributed by atoms with E-state index in [0.717, 1.165) is 15.1 Å². The number of nitrogens with one attached hydrogen (secondary N) is 1. The molecule has 80 valence electrons. The summed E-state index contributed by atoms with van der Waals surface area (Å²) in [5.74, 6) is 0.928. The van der Waals surface area contributed by atoms with Crippen LogP contribution in [0.4, 0.5) is 0 Å². The first-order valence-electron chi connectivity index (χ1n) is 4.62. The third kappa shape index (κ3) is 2.81. The summed E-state index contributed by atoms with van der Waals surface area (Å²) in [7, 11) is 0. The second kappa shape index (κ2) is 4.79. The molecular formula is C10H11ClN2OS. The minimum Gasteiger partial charge on any atom is -0.468 e. The number of halogens is 1. The highest BCUT2D eigenvalue weighted by molar-refractivity contribution is 7.15. The first-order chi connectivity index (χ1) is 7.25. The van der Waals surface area contributed by atoms with Gasteiger partial charge in [-0.1, -0.05) is 11.6 Å². The molecule has 0 radical (unpaired) electrons. The molecule has 0 aliphatic heterocycles. The third-order valence-electron chi connectivity index (χ3n) is 2.05. The van der Waals surface area contributed by atoms with Crippen LogP contribution in [0.1, 0.15) is 23.7 Å². The molecule has 0 aromatic carbocycles. The van der Waals surface area contributed by atoms with Gasteiger partial charge < -0.3 is 9.73 Å². The Morgan fingerprint density at radius 2 is 2.53 bits per heavy atom. The van der Waals surface area contributed by atoms with Crippen molar-refractivity contribution in [2.24, 2.45) is 0 Å². The number of thiazole rings is 1. The molecule has 2 aromatic rings. The second-order valence-corrected chi connectivity index (χ2v) is 4.92. The molecule has 0 aliphatic rings. The van der Waals surface area contributed by atoms with Gasteiger partial charge in [-0.15, -0.1) is 11.3 Å². The van der Waals surface area contributed by atoms with Gasteiger partial charge in [-0.2, -0.15) is 0 Å². The van der Waals surface area contributed by atoms with E-state index in [1.54, 1.807) is 12.5 Å². The third-order valence-corrected chi connectivity index (χ3v) is 3.17. The van der Waals surface area contributed by atoms with Crippen LogP contribution in [-0.2, 0) is 6.54 Å². The maximum absolute atomic E-state index is 5.78. The molecule has 15 heavy (non-hydrogen) atoms. The van der Waals surface area contributed by atoms with Crippen LogP contribution in [0.15, 0.2) is 29.0 Å². The normalized spacial score (nSPS) is 12.9. The van der Waals surface area contributed by atoms with Gasteiger partial charge in [0.25, 0.3) is 0 Å². The van der Waals surface area contributed by atoms with Gasteiger partial charge in [-0.25, -0.2) is 4.98 Å². The van der Waals surface area contributed by atoms with Crippen molar-refractivity contribution in [3.63, 3.8) is 0 Å². The van der Waals surface area contributed by atoms with Crippen LogP contribution in [0.25, 0.3) is 0 Å². The molecule has 0 saturated carbocycles. The van der Waals surface area contributed by atoms with Gasteiger partial charge in [0.2, 0.25) is 0 Å². The summed E-state index contributed by atoms with van der Waals surface area (Å²) in [5, 5.41) is 4.29. The fraction of sp³-hybridized carbons (Fsp3) is 0.300. The van der Waals surface area contributed by atoms with Crippen molar-refractivity contribution in [1.82, 2.24) is 10.3 Å². The van der Waals surface area contributed by atoms with Crippen LogP contribution in [0.3, 0.4) is 0 Å². The van der Waals surface area contributed by atoms with Crippen LogP contribution >= 0.6 is 22.9 Å². The van der Waals surface area contributed by atoms with Crippen LogP contribution in [0.5, 0.6) is 0 Å². The van der Waals surface area contributed by atoms with Gasteiger partial charge in [0.1, 0.15) is 15.1 Å². The van der Waals surface area contributed by atoms with Gasteiger partial charge in [-0.3, -0.25) is 0 Å². The molecule has 2 heterocycles. The van der Waals surface area contributed by atoms with E-state index in [2.05, 4.69) is 10.3 Å². The van der Waals surface area contributed by atoms with E-state index in [-0.39, 0.29) is 6.04 Å². The predicted molar refractivity (Wildman–Crippen MR) is 61.1 cm³/mol. The van der Waals surface area contributed by atoms with E-state index < -0.39 is 0 Å². The highest BCUT2D eigenvalue weighted by atomic mass is 35.5. The summed E-state index contributed by atoms with van der Waals surface area (Å²) in [6.45, 7) is 2.76. The van der Waals surface area contributed by atoms with E-state index in [9.17, 15) is 0 Å². The molecule has 0 bridgehead atoms. The standard InChI is InChI=1S/C10H11ClN2OS/c1-7(8-3-2-4-14-8)12-6-10-13-5-9(11)15-10/h2-5,7,12H,6H2,1H3/t7-/m0/s1. The summed E-state index contributed by atoms with van der Waals surface area (Å²) >= 11 is 7.27. The fourth-order valence-electron chi connectivity index (χ4n) is 1.25. The molecule has 0 fully saturated rings. The maximum atomic E-state index is 5.78. The molecule has 0 unspecified atom stereocenters. The Hall–Kier alpha value is -0.840. The largest absolute Gasteiger partial charge is 0.468 e. The minimum atomic E-state index is 0.183. The number of rotatable bonds is 4. The molecule has 0 spiro atoms. The molecule has 1 N–H and O–H groups in total. The highest BCUT2D eigenvalue weighted by Gasteiger charge is 2.08. The summed E-state index contributed by atoms with van der Waals surface area (Å²) in [6, 6.07) is 4.02. The zero-order valence-electron chi connectivity index (χ0n) is 8.24. The molecule has 2 rings (SSSR count). The first kappa shape index (κ1) is 10.7. The van der Waals surface area contributed by atoms with Crippen LogP contribution in [0, 0.1) is 0 Å². The van der Waals surface area contributed by atoms with E-state index in [1.165, 1.54) is 11.3 Å². The Labute approximate surface area is 97.1 Å². The average molecular weight is 243 g/mol. The summed E-state index contributed by atoms with van der Waals surface area (Å²) in [4.78, 5) is 4.16. The van der Waals surface area contributed by atoms with E-state index in [1.807, 2.05) is 19.1 Å². The lowest BCUT2D eigenvalue weighted by Gasteiger charge is -2.09. The van der Waals surface area contributed by atoms with Crippen LogP contribution in [-0.4, -0.2) is 4.98 Å². The minimum absolute atomic E-state index is 0.183. The van der Waals surface area contributed by atoms with Crippen molar-refractivity contribution < 1.29 is 4.42 Å². The zero-order chi connectivity index (χ0) is 10.7. The molecule has 0 amide bonds. The first-order valence-corrected chi connectivity index (χ1v) is 5.82. The number of nitrogens with zero attached hydrogens (tertiary/aromatic N) is 1. The Balaban J connectivity index is 1.88. The fourth-order valence-corrected chi connectivity index (χ4v) is 2.16. The van der Waals surface area contributed by atoms with E-state index in [4.69, 9.17) is 16.0 Å². The topological polar surface area (TPSA) is 38.1 Å². The smallest absolute Gasteiger partial charge is 0.120 e. The molecule has 3 nitrogen and oxygen atoms in total. The highest BCUT2D eigenvalue weighted by Crippen LogP contribution is 2.19. The van der Waals surface area contributed by atoms with Crippen LogP contribution in [0.2, 0.25) is 4.34 Å². The Morgan fingerprint density at radius 1 is 1.67 bits per heavy atom. The summed E-state index contributed by atoms with van der Waals surface area (Å²) < 4.78 is 6.00. The van der Waals surface area contributed by atoms with Gasteiger partial charge in [0.15, 0.2) is 0 Å². The molecule has 5 heteroatoms. The number of hydrogen-bond acceptors (Lipinski definition) is 4. The van der Waals surface area contributed by atoms with E-state index in [0.29, 0.717) is 6.54 Å². The maximum Gasteiger partial charge on any atom is 0.120 e. The van der Waals surface area contributed by atoms with Crippen LogP contribution < -0.4 is 5.32 Å². The Bertz CT molecular complexity index is 413. The Kier molecular flexibility index (Phi) is 3.41. The van der Waals surface area contributed by atoms with E-state index >= 15 is 0 Å². The number of furan rings is 1. The zero-order valence-corrected chi connectivity index (χ0v) is 9.81. The summed E-state index contributed by atoms with van der Waals surface area (Å²) in [5.41, 5.74) is 0. The number of hydrogen-bond donors (Lipinski definition) is 1. The SMILES string of the molecule is C[C@H](NCc1ncc(Cl)s1)c1ccco1. The molecule has 0 saturated heterocycles. The van der Waals surface area contributed by atoms with Crippen molar-refractivity contribution in [3.05, 3.63) is 39.7 Å². The predicted octanol–water partition coefficient (Wildman–Crippen LogP) is 3.24. The lowest BCUT2D eigenvalue weighted by Crippen LogP contribution is -2.17. The van der Waals surface area contributed by atoms with Gasteiger partial charge in [0.05, 0.1) is 18.5 Å². The van der Waals surface area contributed by atoms with Crippen molar-refractivity contribution in [2.45, 2.75) is 19.5 Å². The molecule has 2 aromatic heterocycles. The van der Waals surface area contributed by atoms with Crippen molar-refractivity contribution in [3.8, 4) is 0 Å². The quantitative estimate of drug-likeness (QED) is 0.895. The number of aromatic nitrogens is 1. The Morgan fingerprint density at radius 3 is 3.13 bits per heavy atom. The summed E-state index contributed by atoms with van der Waals surface area (Å²) in [6.07, 6.45) is 3.34. The second-order valence-electron chi connectivity index (χ2n) is 3.18. The van der Waals surface area contributed by atoms with Gasteiger partial charge >= 0.3 is 0 Å². The van der Waals surface area contributed by atoms with Crippen molar-refractivity contribution >= 4 is 22.9 Å². The van der Waals surface area contributed by atoms with Crippen molar-refractivity contribution in [1.29, 1.82) is 0 Å². The monoisotopic (exact) mass is 242 g/mol. The lowest BCUT2D eigenvalue weighted by molar-refractivity contribution is 0.430. The lowest BCUT2D eigenvalue weighted by atomic mass is 10.2. The average Bonchev–Trinajstić information content (AvgIpc) is 2.84. The molecular weight excluding hydrogens is 232 g/mol. The van der Waals surface area contributed by atoms with Crippen molar-refractivity contribution in [2.75, 3.05) is 0 Å².